The van der Waals surface area contributed by atoms with Crippen molar-refractivity contribution in [3.8, 4) is 0 Å². The fraction of sp³-hybridized carbons (Fsp3) is 0.300. The number of halogens is 2. The molecule has 15 heavy (non-hydrogen) atoms. The van der Waals surface area contributed by atoms with E-state index in [2.05, 4.69) is 5.32 Å². The van der Waals surface area contributed by atoms with Crippen molar-refractivity contribution >= 4 is 5.91 Å². The Morgan fingerprint density at radius 2 is 2.00 bits per heavy atom. The lowest BCUT2D eigenvalue weighted by molar-refractivity contribution is 0.0915. The Hall–Kier alpha value is -1.49. The summed E-state index contributed by atoms with van der Waals surface area (Å²) in [5.74, 6) is -2.71. The van der Waals surface area contributed by atoms with E-state index in [1.165, 1.54) is 13.0 Å². The van der Waals surface area contributed by atoms with Crippen LogP contribution in [0.3, 0.4) is 0 Å². The van der Waals surface area contributed by atoms with Crippen LogP contribution in [0.2, 0.25) is 0 Å². The first kappa shape index (κ1) is 11.6. The third-order valence-electron chi connectivity index (χ3n) is 1.75. The van der Waals surface area contributed by atoms with Crippen LogP contribution < -0.4 is 5.32 Å². The standard InChI is InChI=1S/C10H11F2NO2/c1-6(14)5-13-10(15)9-7(11)3-2-4-8(9)12/h2-4,6,14H,5H2,1H3,(H,13,15)/t6-/m1/s1. The van der Waals surface area contributed by atoms with Crippen molar-refractivity contribution in [2.45, 2.75) is 13.0 Å². The average molecular weight is 215 g/mol. The molecule has 5 heteroatoms. The number of aliphatic hydroxyl groups excluding tert-OH is 1. The van der Waals surface area contributed by atoms with E-state index in [0.717, 1.165) is 12.1 Å². The predicted octanol–water partition coefficient (Wildman–Crippen LogP) is 1.08. The first-order chi connectivity index (χ1) is 7.02. The molecular weight excluding hydrogens is 204 g/mol. The molecule has 2 N–H and O–H groups in total. The van der Waals surface area contributed by atoms with Gasteiger partial charge in [0.15, 0.2) is 0 Å². The van der Waals surface area contributed by atoms with Gasteiger partial charge in [-0.15, -0.1) is 0 Å². The minimum atomic E-state index is -0.918. The second-order valence-corrected chi connectivity index (χ2v) is 3.16. The minimum absolute atomic E-state index is 0.0490. The van der Waals surface area contributed by atoms with Gasteiger partial charge in [-0.3, -0.25) is 4.79 Å². The Bertz CT molecular complexity index is 346. The summed E-state index contributed by atoms with van der Waals surface area (Å²) in [6, 6.07) is 3.18. The highest BCUT2D eigenvalue weighted by Gasteiger charge is 2.16. The molecule has 0 bridgehead atoms. The number of hydrogen-bond donors (Lipinski definition) is 2. The Kier molecular flexibility index (Phi) is 3.74. The van der Waals surface area contributed by atoms with E-state index in [4.69, 9.17) is 5.11 Å². The van der Waals surface area contributed by atoms with Gasteiger partial charge in [-0.05, 0) is 19.1 Å². The Morgan fingerprint density at radius 3 is 2.47 bits per heavy atom. The van der Waals surface area contributed by atoms with E-state index in [1.807, 2.05) is 0 Å². The number of amides is 1. The molecule has 1 rings (SSSR count). The molecule has 0 aromatic heterocycles. The number of carbonyl (C=O) groups is 1. The molecule has 0 saturated heterocycles. The van der Waals surface area contributed by atoms with Gasteiger partial charge in [0.1, 0.15) is 17.2 Å². The summed E-state index contributed by atoms with van der Waals surface area (Å²) in [6.45, 7) is 1.41. The summed E-state index contributed by atoms with van der Waals surface area (Å²) in [5, 5.41) is 11.1. The Balaban J connectivity index is 2.82. The van der Waals surface area contributed by atoms with Crippen molar-refractivity contribution in [3.05, 3.63) is 35.4 Å². The summed E-state index contributed by atoms with van der Waals surface area (Å²) in [5.41, 5.74) is -0.627. The maximum atomic E-state index is 13.1. The van der Waals surface area contributed by atoms with E-state index >= 15 is 0 Å². The van der Waals surface area contributed by atoms with Gasteiger partial charge in [-0.25, -0.2) is 8.78 Å². The molecule has 0 heterocycles. The fourth-order valence-corrected chi connectivity index (χ4v) is 1.04. The molecule has 1 amide bonds. The van der Waals surface area contributed by atoms with Crippen LogP contribution >= 0.6 is 0 Å². The van der Waals surface area contributed by atoms with Crippen LogP contribution in [0.25, 0.3) is 0 Å². The van der Waals surface area contributed by atoms with Gasteiger partial charge in [0.05, 0.1) is 6.10 Å². The van der Waals surface area contributed by atoms with Gasteiger partial charge in [-0.1, -0.05) is 6.07 Å². The maximum Gasteiger partial charge on any atom is 0.257 e. The van der Waals surface area contributed by atoms with Crippen LogP contribution in [0, 0.1) is 11.6 Å². The van der Waals surface area contributed by atoms with Crippen LogP contribution in [0.1, 0.15) is 17.3 Å². The van der Waals surface area contributed by atoms with Crippen LogP contribution in [-0.2, 0) is 0 Å². The molecule has 0 aliphatic carbocycles. The third-order valence-corrected chi connectivity index (χ3v) is 1.75. The molecule has 0 aliphatic rings. The van der Waals surface area contributed by atoms with Crippen molar-refractivity contribution in [2.24, 2.45) is 0 Å². The smallest absolute Gasteiger partial charge is 0.257 e. The number of benzene rings is 1. The molecule has 0 saturated carbocycles. The van der Waals surface area contributed by atoms with Crippen molar-refractivity contribution in [3.63, 3.8) is 0 Å². The van der Waals surface area contributed by atoms with Gasteiger partial charge in [-0.2, -0.15) is 0 Å². The monoisotopic (exact) mass is 215 g/mol. The summed E-state index contributed by atoms with van der Waals surface area (Å²) in [7, 11) is 0. The molecular formula is C10H11F2NO2. The van der Waals surface area contributed by atoms with E-state index in [1.54, 1.807) is 0 Å². The molecule has 0 unspecified atom stereocenters. The summed E-state index contributed by atoms with van der Waals surface area (Å²) in [6.07, 6.45) is -0.760. The number of hydrogen-bond acceptors (Lipinski definition) is 2. The number of aliphatic hydroxyl groups is 1. The lowest BCUT2D eigenvalue weighted by Crippen LogP contribution is -2.31. The van der Waals surface area contributed by atoms with Crippen LogP contribution in [-0.4, -0.2) is 23.7 Å². The number of rotatable bonds is 3. The molecule has 3 nitrogen and oxygen atoms in total. The van der Waals surface area contributed by atoms with Crippen LogP contribution in [0.15, 0.2) is 18.2 Å². The predicted molar refractivity (Wildman–Crippen MR) is 50.4 cm³/mol. The summed E-state index contributed by atoms with van der Waals surface area (Å²) >= 11 is 0. The SMILES string of the molecule is C[C@@H](O)CNC(=O)c1c(F)cccc1F. The maximum absolute atomic E-state index is 13.1. The van der Waals surface area contributed by atoms with E-state index in [0.29, 0.717) is 0 Å². The molecule has 82 valence electrons. The van der Waals surface area contributed by atoms with E-state index in [-0.39, 0.29) is 6.54 Å². The van der Waals surface area contributed by atoms with Gasteiger partial charge < -0.3 is 10.4 Å². The molecule has 0 radical (unpaired) electrons. The Labute approximate surface area is 85.7 Å². The highest BCUT2D eigenvalue weighted by atomic mass is 19.1. The second-order valence-electron chi connectivity index (χ2n) is 3.16. The highest BCUT2D eigenvalue weighted by molar-refractivity contribution is 5.94. The van der Waals surface area contributed by atoms with Crippen molar-refractivity contribution in [1.82, 2.24) is 5.32 Å². The minimum Gasteiger partial charge on any atom is -0.392 e. The first-order valence-electron chi connectivity index (χ1n) is 4.42. The summed E-state index contributed by atoms with van der Waals surface area (Å²) in [4.78, 5) is 11.3. The molecule has 1 aromatic rings. The normalized spacial score (nSPS) is 12.3. The first-order valence-corrected chi connectivity index (χ1v) is 4.42. The van der Waals surface area contributed by atoms with Gasteiger partial charge >= 0.3 is 0 Å². The van der Waals surface area contributed by atoms with Gasteiger partial charge in [0, 0.05) is 6.54 Å². The molecule has 0 fully saturated rings. The van der Waals surface area contributed by atoms with Crippen molar-refractivity contribution < 1.29 is 18.7 Å². The number of carbonyl (C=O) groups excluding carboxylic acids is 1. The van der Waals surface area contributed by atoms with Crippen LogP contribution in [0.4, 0.5) is 8.78 Å². The third kappa shape index (κ3) is 2.99. The molecule has 0 aliphatic heterocycles. The quantitative estimate of drug-likeness (QED) is 0.792. The van der Waals surface area contributed by atoms with E-state index in [9.17, 15) is 13.6 Å². The molecule has 1 aromatic carbocycles. The lowest BCUT2D eigenvalue weighted by atomic mass is 10.2. The Morgan fingerprint density at radius 1 is 1.47 bits per heavy atom. The fourth-order valence-electron chi connectivity index (χ4n) is 1.04. The van der Waals surface area contributed by atoms with Gasteiger partial charge in [0.2, 0.25) is 0 Å². The largest absolute Gasteiger partial charge is 0.392 e. The zero-order valence-corrected chi connectivity index (χ0v) is 8.13. The topological polar surface area (TPSA) is 49.3 Å². The van der Waals surface area contributed by atoms with Crippen molar-refractivity contribution in [2.75, 3.05) is 6.54 Å². The number of nitrogens with one attached hydrogen (secondary N) is 1. The van der Waals surface area contributed by atoms with Crippen molar-refractivity contribution in [1.29, 1.82) is 0 Å². The molecule has 1 atom stereocenters. The highest BCUT2D eigenvalue weighted by Crippen LogP contribution is 2.11. The lowest BCUT2D eigenvalue weighted by Gasteiger charge is -2.08. The van der Waals surface area contributed by atoms with Crippen LogP contribution in [0.5, 0.6) is 0 Å². The van der Waals surface area contributed by atoms with Gasteiger partial charge in [0.25, 0.3) is 5.91 Å². The summed E-state index contributed by atoms with van der Waals surface area (Å²) < 4.78 is 26.1. The zero-order valence-electron chi connectivity index (χ0n) is 8.13. The zero-order chi connectivity index (χ0) is 11.4. The average Bonchev–Trinajstić information content (AvgIpc) is 2.14. The van der Waals surface area contributed by atoms with E-state index < -0.39 is 29.2 Å². The second kappa shape index (κ2) is 4.84. The molecule has 0 spiro atoms.